The van der Waals surface area contributed by atoms with Crippen LogP contribution in [0.4, 0.5) is 17.2 Å². The average Bonchev–Trinajstić information content (AvgIpc) is 2.57. The van der Waals surface area contributed by atoms with E-state index in [9.17, 15) is 10.1 Å². The van der Waals surface area contributed by atoms with E-state index in [2.05, 4.69) is 15.1 Å². The molecule has 1 aromatic carbocycles. The van der Waals surface area contributed by atoms with Crippen LogP contribution in [0.15, 0.2) is 42.7 Å². The van der Waals surface area contributed by atoms with Gasteiger partial charge in [0.25, 0.3) is 0 Å². The number of hydrogen-bond donors (Lipinski definition) is 2. The summed E-state index contributed by atoms with van der Waals surface area (Å²) in [7, 11) is 0.517. The molecule has 2 aromatic heterocycles. The van der Waals surface area contributed by atoms with Crippen molar-refractivity contribution < 1.29 is 9.66 Å². The van der Waals surface area contributed by atoms with Gasteiger partial charge in [0, 0.05) is 23.8 Å². The number of nitro groups is 1. The third kappa shape index (κ3) is 2.91. The number of ether oxygens (including phenoxy) is 1. The molecule has 0 aliphatic carbocycles. The zero-order valence-electron chi connectivity index (χ0n) is 12.7. The molecule has 0 amide bonds. The number of nitrogens with one attached hydrogen (secondary N) is 1. The second-order valence-electron chi connectivity index (χ2n) is 4.79. The van der Waals surface area contributed by atoms with E-state index < -0.39 is 4.92 Å². The predicted molar refractivity (Wildman–Crippen MR) is 95.0 cm³/mol. The highest BCUT2D eigenvalue weighted by Gasteiger charge is 2.22. The van der Waals surface area contributed by atoms with E-state index in [1.54, 1.807) is 18.3 Å². The highest BCUT2D eigenvalue weighted by atomic mass is 31.1. The molecule has 8 nitrogen and oxygen atoms in total. The number of hydrogen-bond acceptors (Lipinski definition) is 7. The first kappa shape index (κ1) is 15.9. The van der Waals surface area contributed by atoms with Crippen LogP contribution >= 0.6 is 8.73 Å². The lowest BCUT2D eigenvalue weighted by Crippen LogP contribution is -2.01. The molecule has 0 spiro atoms. The van der Waals surface area contributed by atoms with Crippen LogP contribution in [-0.4, -0.2) is 21.6 Å². The molecule has 3 rings (SSSR count). The van der Waals surface area contributed by atoms with E-state index in [1.165, 1.54) is 12.3 Å². The van der Waals surface area contributed by atoms with Gasteiger partial charge in [0.1, 0.15) is 5.75 Å². The smallest absolute Gasteiger partial charge is 0.353 e. The van der Waals surface area contributed by atoms with Crippen molar-refractivity contribution in [2.24, 2.45) is 0 Å². The van der Waals surface area contributed by atoms with Crippen LogP contribution in [0, 0.1) is 10.1 Å². The fourth-order valence-corrected chi connectivity index (χ4v) is 2.78. The van der Waals surface area contributed by atoms with E-state index in [0.717, 1.165) is 16.6 Å². The molecule has 0 saturated heterocycles. The molecule has 9 heteroatoms. The van der Waals surface area contributed by atoms with E-state index in [1.807, 2.05) is 18.8 Å². The Balaban J connectivity index is 2.11. The van der Waals surface area contributed by atoms with Crippen LogP contribution < -0.4 is 15.6 Å². The molecule has 0 aliphatic heterocycles. The van der Waals surface area contributed by atoms with Crippen molar-refractivity contribution in [2.75, 3.05) is 17.5 Å². The molecule has 3 aromatic rings. The second kappa shape index (κ2) is 6.64. The van der Waals surface area contributed by atoms with Crippen molar-refractivity contribution in [3.05, 3.63) is 52.8 Å². The fourth-order valence-electron chi connectivity index (χ4n) is 2.31. The van der Waals surface area contributed by atoms with Gasteiger partial charge in [-0.2, -0.15) is 0 Å². The highest BCUT2D eigenvalue weighted by Crippen LogP contribution is 2.38. The topological polar surface area (TPSA) is 116 Å². The quantitative estimate of drug-likeness (QED) is 0.413. The molecule has 0 bridgehead atoms. The monoisotopic (exact) mass is 343 g/mol. The van der Waals surface area contributed by atoms with E-state index in [0.29, 0.717) is 14.5 Å². The van der Waals surface area contributed by atoms with Gasteiger partial charge in [-0.1, -0.05) is 0 Å². The molecular formula is C15H14N5O3P. The van der Waals surface area contributed by atoms with Crippen LogP contribution in [0.3, 0.4) is 0 Å². The van der Waals surface area contributed by atoms with Crippen molar-refractivity contribution in [3.63, 3.8) is 0 Å². The molecule has 1 atom stereocenters. The fraction of sp³-hybridized carbons (Fsp3) is 0.0667. The Morgan fingerprint density at radius 1 is 1.21 bits per heavy atom. The summed E-state index contributed by atoms with van der Waals surface area (Å²) in [5.41, 5.74) is 6.85. The lowest BCUT2D eigenvalue weighted by Gasteiger charge is -2.12. The maximum absolute atomic E-state index is 11.2. The van der Waals surface area contributed by atoms with Crippen LogP contribution in [0.2, 0.25) is 0 Å². The molecule has 2 heterocycles. The summed E-state index contributed by atoms with van der Waals surface area (Å²) in [6.07, 6.45) is 3.05. The molecule has 3 N–H and O–H groups in total. The van der Waals surface area contributed by atoms with Gasteiger partial charge >= 0.3 is 5.69 Å². The van der Waals surface area contributed by atoms with Crippen molar-refractivity contribution in [2.45, 2.75) is 0 Å². The Kier molecular flexibility index (Phi) is 4.39. The molecule has 0 radical (unpaired) electrons. The van der Waals surface area contributed by atoms with Crippen molar-refractivity contribution in [1.29, 1.82) is 0 Å². The largest absolute Gasteiger partial charge is 0.449 e. The van der Waals surface area contributed by atoms with Crippen molar-refractivity contribution in [1.82, 2.24) is 9.97 Å². The third-order valence-corrected chi connectivity index (χ3v) is 3.83. The van der Waals surface area contributed by atoms with Gasteiger partial charge < -0.3 is 15.6 Å². The normalized spacial score (nSPS) is 11.0. The Morgan fingerprint density at radius 2 is 2.04 bits per heavy atom. The van der Waals surface area contributed by atoms with E-state index >= 15 is 0 Å². The molecule has 24 heavy (non-hydrogen) atoms. The minimum absolute atomic E-state index is 0.0377. The number of anilines is 2. The number of pyridine rings is 2. The summed E-state index contributed by atoms with van der Waals surface area (Å²) in [4.78, 5) is 18.7. The minimum Gasteiger partial charge on any atom is -0.449 e. The lowest BCUT2D eigenvalue weighted by molar-refractivity contribution is -0.384. The summed E-state index contributed by atoms with van der Waals surface area (Å²) >= 11 is 0. The minimum atomic E-state index is -0.605. The van der Waals surface area contributed by atoms with Crippen LogP contribution in [0.1, 0.15) is 0 Å². The van der Waals surface area contributed by atoms with Gasteiger partial charge in [-0.05, 0) is 39.7 Å². The SMILES string of the molecule is CPNc1ccc(Oc2ccnc(N)c2[N+](=O)[O-])c2cccnc12. The first-order valence-corrected chi connectivity index (χ1v) is 8.49. The summed E-state index contributed by atoms with van der Waals surface area (Å²) in [5.74, 6) is 0.304. The van der Waals surface area contributed by atoms with Gasteiger partial charge in [0.2, 0.25) is 11.6 Å². The number of fused-ring (bicyclic) bond motifs is 1. The van der Waals surface area contributed by atoms with Crippen LogP contribution in [-0.2, 0) is 0 Å². The number of nitrogen functional groups attached to an aromatic ring is 1. The molecular weight excluding hydrogens is 329 g/mol. The third-order valence-electron chi connectivity index (χ3n) is 3.31. The van der Waals surface area contributed by atoms with Crippen LogP contribution in [0.25, 0.3) is 10.9 Å². The van der Waals surface area contributed by atoms with Crippen LogP contribution in [0.5, 0.6) is 11.5 Å². The molecule has 0 fully saturated rings. The predicted octanol–water partition coefficient (Wildman–Crippen LogP) is 3.55. The second-order valence-corrected chi connectivity index (χ2v) is 5.54. The standard InChI is InChI=1S/C15H14N5O3P/c1-24-19-10-4-5-11(9-3-2-7-17-13(9)10)23-12-6-8-18-15(16)14(12)20(21)22/h2-8,19,24H,1H3,(H2,16,18). The Hall–Kier alpha value is -2.99. The van der Waals surface area contributed by atoms with E-state index in [-0.39, 0.29) is 17.3 Å². The summed E-state index contributed by atoms with van der Waals surface area (Å²) in [6, 6.07) is 8.61. The summed E-state index contributed by atoms with van der Waals surface area (Å²) in [6.45, 7) is 2.02. The molecule has 1 unspecified atom stereocenters. The highest BCUT2D eigenvalue weighted by molar-refractivity contribution is 7.38. The lowest BCUT2D eigenvalue weighted by atomic mass is 10.1. The maximum Gasteiger partial charge on any atom is 0.353 e. The zero-order valence-corrected chi connectivity index (χ0v) is 13.7. The van der Waals surface area contributed by atoms with Gasteiger partial charge in [-0.25, -0.2) is 4.98 Å². The average molecular weight is 343 g/mol. The van der Waals surface area contributed by atoms with Crippen molar-refractivity contribution in [3.8, 4) is 11.5 Å². The zero-order chi connectivity index (χ0) is 17.1. The van der Waals surface area contributed by atoms with Gasteiger partial charge in [0.05, 0.1) is 16.1 Å². The molecule has 122 valence electrons. The Bertz CT molecular complexity index is 919. The maximum atomic E-state index is 11.2. The molecule has 0 saturated carbocycles. The number of benzene rings is 1. The number of nitrogens with two attached hydrogens (primary N) is 1. The number of rotatable bonds is 5. The summed E-state index contributed by atoms with van der Waals surface area (Å²) in [5, 5.41) is 15.2. The first-order valence-electron chi connectivity index (χ1n) is 6.99. The number of aromatic nitrogens is 2. The van der Waals surface area contributed by atoms with Gasteiger partial charge in [-0.3, -0.25) is 15.1 Å². The Morgan fingerprint density at radius 3 is 2.79 bits per heavy atom. The molecule has 0 aliphatic rings. The van der Waals surface area contributed by atoms with Gasteiger partial charge in [-0.15, -0.1) is 0 Å². The van der Waals surface area contributed by atoms with Crippen molar-refractivity contribution >= 4 is 36.8 Å². The van der Waals surface area contributed by atoms with E-state index in [4.69, 9.17) is 10.5 Å². The first-order chi connectivity index (χ1) is 11.6. The Labute approximate surface area is 139 Å². The number of nitrogens with zero attached hydrogens (tertiary/aromatic N) is 3. The van der Waals surface area contributed by atoms with Gasteiger partial charge in [0.15, 0.2) is 0 Å². The summed E-state index contributed by atoms with van der Waals surface area (Å²) < 4.78 is 5.77.